The van der Waals surface area contributed by atoms with Crippen molar-refractivity contribution in [2.45, 2.75) is 38.1 Å². The molecule has 1 aliphatic heterocycles. The molecule has 1 amide bonds. The summed E-state index contributed by atoms with van der Waals surface area (Å²) >= 11 is 1.51. The van der Waals surface area contributed by atoms with Gasteiger partial charge in [0.2, 0.25) is 6.79 Å². The van der Waals surface area contributed by atoms with Crippen molar-refractivity contribution in [2.24, 2.45) is 0 Å². The smallest absolute Gasteiger partial charge is 0.253 e. The lowest BCUT2D eigenvalue weighted by atomic mass is 9.94. The van der Waals surface area contributed by atoms with E-state index in [1.165, 1.54) is 30.6 Å². The van der Waals surface area contributed by atoms with Crippen LogP contribution in [0.2, 0.25) is 0 Å². The fourth-order valence-corrected chi connectivity index (χ4v) is 4.09. The van der Waals surface area contributed by atoms with Gasteiger partial charge in [0.25, 0.3) is 5.91 Å². The third kappa shape index (κ3) is 3.54. The zero-order valence-corrected chi connectivity index (χ0v) is 14.7. The van der Waals surface area contributed by atoms with Gasteiger partial charge in [-0.05, 0) is 36.6 Å². The van der Waals surface area contributed by atoms with E-state index in [1.54, 1.807) is 12.3 Å². The molecule has 2 heterocycles. The molecule has 0 radical (unpaired) electrons. The molecule has 2 aliphatic rings. The number of ether oxygens (including phenoxy) is 2. The van der Waals surface area contributed by atoms with Gasteiger partial charge in [0, 0.05) is 23.7 Å². The number of rotatable bonds is 4. The van der Waals surface area contributed by atoms with Crippen LogP contribution in [0.5, 0.6) is 11.5 Å². The standard InChI is InChI=1S/C19H20N2O3S/c22-18(9-7-14-6-8-16-17(12-14)24-13-23-16)21(19-20-10-11-25-19)15-4-2-1-3-5-15/h6-12,15H,1-5,13H2/b9-7+. The number of carbonyl (C=O) groups excluding carboxylic acids is 1. The summed E-state index contributed by atoms with van der Waals surface area (Å²) in [7, 11) is 0. The van der Waals surface area contributed by atoms with Crippen molar-refractivity contribution < 1.29 is 14.3 Å². The largest absolute Gasteiger partial charge is 0.454 e. The number of anilines is 1. The molecule has 4 rings (SSSR count). The normalized spacial score (nSPS) is 17.1. The SMILES string of the molecule is O=C(/C=C/c1ccc2c(c1)OCO2)N(c1nccs1)C1CCCCC1. The Morgan fingerprint density at radius 2 is 2.04 bits per heavy atom. The summed E-state index contributed by atoms with van der Waals surface area (Å²) in [5.74, 6) is 1.45. The highest BCUT2D eigenvalue weighted by Crippen LogP contribution is 2.33. The van der Waals surface area contributed by atoms with Crippen LogP contribution in [0.4, 0.5) is 5.13 Å². The highest BCUT2D eigenvalue weighted by atomic mass is 32.1. The van der Waals surface area contributed by atoms with Crippen molar-refractivity contribution in [3.63, 3.8) is 0 Å². The molecule has 25 heavy (non-hydrogen) atoms. The van der Waals surface area contributed by atoms with Crippen LogP contribution in [-0.2, 0) is 4.79 Å². The maximum absolute atomic E-state index is 12.9. The molecule has 1 aromatic heterocycles. The van der Waals surface area contributed by atoms with Crippen LogP contribution < -0.4 is 14.4 Å². The number of carbonyl (C=O) groups is 1. The molecule has 5 nitrogen and oxygen atoms in total. The molecule has 2 aromatic rings. The lowest BCUT2D eigenvalue weighted by Gasteiger charge is -2.31. The average Bonchev–Trinajstić information content (AvgIpc) is 3.32. The van der Waals surface area contributed by atoms with Crippen molar-refractivity contribution >= 4 is 28.5 Å². The van der Waals surface area contributed by atoms with Crippen molar-refractivity contribution in [1.29, 1.82) is 0 Å². The Balaban J connectivity index is 1.54. The summed E-state index contributed by atoms with van der Waals surface area (Å²) in [6.45, 7) is 0.251. The van der Waals surface area contributed by atoms with Crippen LogP contribution in [0.1, 0.15) is 37.7 Å². The van der Waals surface area contributed by atoms with E-state index in [1.807, 2.05) is 34.6 Å². The Kier molecular flexibility index (Phi) is 4.70. The molecule has 0 N–H and O–H groups in total. The summed E-state index contributed by atoms with van der Waals surface area (Å²) in [4.78, 5) is 19.1. The first-order valence-electron chi connectivity index (χ1n) is 8.62. The molecular weight excluding hydrogens is 336 g/mol. The monoisotopic (exact) mass is 356 g/mol. The van der Waals surface area contributed by atoms with Crippen molar-refractivity contribution in [2.75, 3.05) is 11.7 Å². The topological polar surface area (TPSA) is 51.7 Å². The minimum atomic E-state index is -0.0143. The number of aromatic nitrogens is 1. The number of hydrogen-bond donors (Lipinski definition) is 0. The van der Waals surface area contributed by atoms with Crippen LogP contribution in [0.25, 0.3) is 6.08 Å². The van der Waals surface area contributed by atoms with Crippen LogP contribution in [0.15, 0.2) is 35.9 Å². The fourth-order valence-electron chi connectivity index (χ4n) is 3.37. The van der Waals surface area contributed by atoms with Gasteiger partial charge in [-0.15, -0.1) is 11.3 Å². The van der Waals surface area contributed by atoms with Gasteiger partial charge in [-0.1, -0.05) is 25.3 Å². The van der Waals surface area contributed by atoms with Crippen LogP contribution in [0, 0.1) is 0 Å². The van der Waals surface area contributed by atoms with Crippen LogP contribution in [-0.4, -0.2) is 23.7 Å². The van der Waals surface area contributed by atoms with E-state index in [-0.39, 0.29) is 18.7 Å². The Bertz CT molecular complexity index is 767. The molecule has 0 unspecified atom stereocenters. The number of amides is 1. The van der Waals surface area contributed by atoms with E-state index >= 15 is 0 Å². The highest BCUT2D eigenvalue weighted by molar-refractivity contribution is 7.13. The third-order valence-corrected chi connectivity index (χ3v) is 5.39. The van der Waals surface area contributed by atoms with E-state index in [9.17, 15) is 4.79 Å². The third-order valence-electron chi connectivity index (χ3n) is 4.62. The molecule has 1 fully saturated rings. The average molecular weight is 356 g/mol. The molecule has 0 saturated heterocycles. The summed E-state index contributed by atoms with van der Waals surface area (Å²) in [5, 5.41) is 2.70. The second-order valence-corrected chi connectivity index (χ2v) is 7.13. The van der Waals surface area contributed by atoms with Crippen molar-refractivity contribution in [1.82, 2.24) is 4.98 Å². The van der Waals surface area contributed by atoms with Gasteiger partial charge in [-0.25, -0.2) is 4.98 Å². The number of nitrogens with zero attached hydrogens (tertiary/aromatic N) is 2. The van der Waals surface area contributed by atoms with Crippen molar-refractivity contribution in [3.05, 3.63) is 41.4 Å². The summed E-state index contributed by atoms with van der Waals surface area (Å²) in [6.07, 6.45) is 10.9. The summed E-state index contributed by atoms with van der Waals surface area (Å²) in [5.41, 5.74) is 0.917. The van der Waals surface area contributed by atoms with Gasteiger partial charge in [0.15, 0.2) is 16.6 Å². The van der Waals surface area contributed by atoms with Crippen LogP contribution >= 0.6 is 11.3 Å². The van der Waals surface area contributed by atoms with Gasteiger partial charge >= 0.3 is 0 Å². The van der Waals surface area contributed by atoms with Gasteiger partial charge in [-0.3, -0.25) is 9.69 Å². The fraction of sp³-hybridized carbons (Fsp3) is 0.368. The Morgan fingerprint density at radius 3 is 2.84 bits per heavy atom. The molecule has 1 aliphatic carbocycles. The maximum atomic E-state index is 12.9. The molecule has 130 valence electrons. The van der Waals surface area contributed by atoms with E-state index in [4.69, 9.17) is 9.47 Å². The van der Waals surface area contributed by atoms with E-state index in [0.717, 1.165) is 35.0 Å². The molecule has 0 atom stereocenters. The maximum Gasteiger partial charge on any atom is 0.253 e. The second kappa shape index (κ2) is 7.27. The summed E-state index contributed by atoms with van der Waals surface area (Å²) < 4.78 is 10.7. The molecular formula is C19H20N2O3S. The number of fused-ring (bicyclic) bond motifs is 1. The quantitative estimate of drug-likeness (QED) is 0.769. The molecule has 0 bridgehead atoms. The first kappa shape index (κ1) is 16.1. The van der Waals surface area contributed by atoms with Gasteiger partial charge in [0.1, 0.15) is 0 Å². The summed E-state index contributed by atoms with van der Waals surface area (Å²) in [6, 6.07) is 5.92. The van der Waals surface area contributed by atoms with E-state index in [2.05, 4.69) is 4.98 Å². The number of thiazole rings is 1. The van der Waals surface area contributed by atoms with Crippen molar-refractivity contribution in [3.8, 4) is 11.5 Å². The molecule has 1 aromatic carbocycles. The molecule has 1 saturated carbocycles. The van der Waals surface area contributed by atoms with Gasteiger partial charge in [-0.2, -0.15) is 0 Å². The molecule has 6 heteroatoms. The predicted octanol–water partition coefficient (Wildman–Crippen LogP) is 4.25. The predicted molar refractivity (Wildman–Crippen MR) is 98.1 cm³/mol. The molecule has 0 spiro atoms. The Hall–Kier alpha value is -2.34. The van der Waals surface area contributed by atoms with Crippen LogP contribution in [0.3, 0.4) is 0 Å². The minimum Gasteiger partial charge on any atom is -0.454 e. The zero-order chi connectivity index (χ0) is 17.1. The lowest BCUT2D eigenvalue weighted by Crippen LogP contribution is -2.40. The zero-order valence-electron chi connectivity index (χ0n) is 13.9. The number of benzene rings is 1. The first-order chi connectivity index (χ1) is 12.3. The highest BCUT2D eigenvalue weighted by Gasteiger charge is 2.27. The van der Waals surface area contributed by atoms with E-state index in [0.29, 0.717) is 0 Å². The second-order valence-electron chi connectivity index (χ2n) is 6.26. The minimum absolute atomic E-state index is 0.0143. The van der Waals surface area contributed by atoms with E-state index < -0.39 is 0 Å². The number of hydrogen-bond acceptors (Lipinski definition) is 5. The van der Waals surface area contributed by atoms with Gasteiger partial charge < -0.3 is 9.47 Å². The lowest BCUT2D eigenvalue weighted by molar-refractivity contribution is -0.114. The Labute approximate surface area is 150 Å². The first-order valence-corrected chi connectivity index (χ1v) is 9.49. The van der Waals surface area contributed by atoms with Gasteiger partial charge in [0.05, 0.1) is 0 Å². The Morgan fingerprint density at radius 1 is 1.20 bits per heavy atom.